The molecule has 29 heavy (non-hydrogen) atoms. The molecule has 5 nitrogen and oxygen atoms in total. The number of aliphatic carboxylic acids is 1. The summed E-state index contributed by atoms with van der Waals surface area (Å²) in [6, 6.07) is 20.0. The van der Waals surface area contributed by atoms with Crippen molar-refractivity contribution >= 4 is 17.9 Å². The summed E-state index contributed by atoms with van der Waals surface area (Å²) in [6.07, 6.45) is 2.67. The zero-order valence-corrected chi connectivity index (χ0v) is 17.0. The Morgan fingerprint density at radius 3 is 2.41 bits per heavy atom. The molecule has 0 radical (unpaired) electrons. The second-order valence-corrected chi connectivity index (χ2v) is 7.86. The van der Waals surface area contributed by atoms with E-state index in [0.717, 1.165) is 38.0 Å². The Morgan fingerprint density at radius 2 is 1.83 bits per heavy atom. The van der Waals surface area contributed by atoms with Crippen molar-refractivity contribution in [1.29, 1.82) is 0 Å². The van der Waals surface area contributed by atoms with Crippen LogP contribution in [0.5, 0.6) is 0 Å². The molecule has 0 aliphatic carbocycles. The SMILES string of the molecule is CC1CN(CCc2ccccc2)CCC1(C(=O)O)N(CCC=O)c1ccccc1. The molecule has 1 aliphatic rings. The topological polar surface area (TPSA) is 60.9 Å². The van der Waals surface area contributed by atoms with Gasteiger partial charge >= 0.3 is 5.97 Å². The predicted octanol–water partition coefficient (Wildman–Crippen LogP) is 3.49. The van der Waals surface area contributed by atoms with Gasteiger partial charge in [-0.2, -0.15) is 0 Å². The van der Waals surface area contributed by atoms with Crippen LogP contribution in [0.15, 0.2) is 60.7 Å². The standard InChI is InChI=1S/C24H30N2O3/c1-20-19-25(16-13-21-9-4-2-5-10-21)17-14-24(20,23(28)29)26(15-8-18-27)22-11-6-3-7-12-22/h2-7,9-12,18,20H,8,13-17,19H2,1H3,(H,28,29). The van der Waals surface area contributed by atoms with Gasteiger partial charge in [0.25, 0.3) is 0 Å². The second kappa shape index (κ2) is 9.70. The largest absolute Gasteiger partial charge is 0.479 e. The lowest BCUT2D eigenvalue weighted by molar-refractivity contribution is -0.148. The van der Waals surface area contributed by atoms with Gasteiger partial charge in [-0.05, 0) is 30.5 Å². The minimum absolute atomic E-state index is 0.0728. The minimum Gasteiger partial charge on any atom is -0.479 e. The van der Waals surface area contributed by atoms with Crippen LogP contribution in [0.1, 0.15) is 25.3 Å². The zero-order valence-electron chi connectivity index (χ0n) is 17.0. The fourth-order valence-corrected chi connectivity index (χ4v) is 4.52. The third-order valence-electron chi connectivity index (χ3n) is 6.11. The summed E-state index contributed by atoms with van der Waals surface area (Å²) in [7, 11) is 0. The van der Waals surface area contributed by atoms with Crippen LogP contribution in [-0.4, -0.2) is 54.0 Å². The lowest BCUT2D eigenvalue weighted by Gasteiger charge is -2.51. The number of rotatable bonds is 9. The molecule has 2 aromatic carbocycles. The summed E-state index contributed by atoms with van der Waals surface area (Å²) < 4.78 is 0. The first-order valence-electron chi connectivity index (χ1n) is 10.3. The van der Waals surface area contributed by atoms with Gasteiger partial charge in [0.2, 0.25) is 0 Å². The number of aldehydes is 1. The zero-order chi connectivity index (χ0) is 20.7. The normalized spacial score (nSPS) is 22.2. The van der Waals surface area contributed by atoms with Gasteiger partial charge in [-0.25, -0.2) is 4.79 Å². The predicted molar refractivity (Wildman–Crippen MR) is 115 cm³/mol. The Bertz CT molecular complexity index is 796. The Kier molecular flexibility index (Phi) is 7.04. The number of para-hydroxylation sites is 1. The molecule has 1 heterocycles. The molecule has 154 valence electrons. The molecule has 5 heteroatoms. The molecule has 1 saturated heterocycles. The van der Waals surface area contributed by atoms with Crippen LogP contribution in [-0.2, 0) is 16.0 Å². The van der Waals surface area contributed by atoms with Gasteiger partial charge in [0.1, 0.15) is 11.8 Å². The number of hydrogen-bond donors (Lipinski definition) is 1. The third-order valence-corrected chi connectivity index (χ3v) is 6.11. The Hall–Kier alpha value is -2.66. The lowest BCUT2D eigenvalue weighted by atomic mass is 9.76. The van der Waals surface area contributed by atoms with E-state index < -0.39 is 11.5 Å². The summed E-state index contributed by atoms with van der Waals surface area (Å²) >= 11 is 0. The van der Waals surface area contributed by atoms with E-state index >= 15 is 0 Å². The highest BCUT2D eigenvalue weighted by molar-refractivity contribution is 5.84. The number of benzene rings is 2. The van der Waals surface area contributed by atoms with Crippen LogP contribution in [0.25, 0.3) is 0 Å². The van der Waals surface area contributed by atoms with Gasteiger partial charge in [-0.15, -0.1) is 0 Å². The van der Waals surface area contributed by atoms with E-state index in [9.17, 15) is 14.7 Å². The van der Waals surface area contributed by atoms with Crippen molar-refractivity contribution in [2.75, 3.05) is 31.1 Å². The summed E-state index contributed by atoms with van der Waals surface area (Å²) in [5, 5.41) is 10.3. The van der Waals surface area contributed by atoms with Gasteiger partial charge in [0.05, 0.1) is 0 Å². The third kappa shape index (κ3) is 4.67. The molecule has 1 aliphatic heterocycles. The first-order chi connectivity index (χ1) is 14.1. The van der Waals surface area contributed by atoms with Crippen molar-refractivity contribution in [3.8, 4) is 0 Å². The first kappa shape index (κ1) is 21.1. The molecule has 0 saturated carbocycles. The van der Waals surface area contributed by atoms with Gasteiger partial charge in [0.15, 0.2) is 0 Å². The number of anilines is 1. The van der Waals surface area contributed by atoms with Crippen LogP contribution in [0.4, 0.5) is 5.69 Å². The molecular formula is C24H30N2O3. The number of carbonyl (C=O) groups is 2. The highest BCUT2D eigenvalue weighted by Gasteiger charge is 2.51. The number of likely N-dealkylation sites (tertiary alicyclic amines) is 1. The average Bonchev–Trinajstić information content (AvgIpc) is 2.75. The summed E-state index contributed by atoms with van der Waals surface area (Å²) in [5.74, 6) is -0.876. The maximum Gasteiger partial charge on any atom is 0.329 e. The highest BCUT2D eigenvalue weighted by Crippen LogP contribution is 2.37. The Labute approximate surface area is 172 Å². The molecule has 3 rings (SSSR count). The average molecular weight is 395 g/mol. The van der Waals surface area contributed by atoms with E-state index in [-0.39, 0.29) is 5.92 Å². The van der Waals surface area contributed by atoms with Gasteiger partial charge in [0, 0.05) is 44.2 Å². The van der Waals surface area contributed by atoms with Gasteiger partial charge in [-0.3, -0.25) is 0 Å². The monoisotopic (exact) mass is 394 g/mol. The Balaban J connectivity index is 1.78. The molecular weight excluding hydrogens is 364 g/mol. The molecule has 0 bridgehead atoms. The number of carbonyl (C=O) groups excluding carboxylic acids is 1. The van der Waals surface area contributed by atoms with Crippen molar-refractivity contribution < 1.29 is 14.7 Å². The molecule has 2 aromatic rings. The molecule has 2 unspecified atom stereocenters. The summed E-state index contributed by atoms with van der Waals surface area (Å²) in [4.78, 5) is 28.0. The van der Waals surface area contributed by atoms with Crippen molar-refractivity contribution in [3.63, 3.8) is 0 Å². The number of piperidine rings is 1. The van der Waals surface area contributed by atoms with Gasteiger partial charge < -0.3 is 19.7 Å². The van der Waals surface area contributed by atoms with E-state index in [1.54, 1.807) is 0 Å². The summed E-state index contributed by atoms with van der Waals surface area (Å²) in [6.45, 7) is 4.81. The quantitative estimate of drug-likeness (QED) is 0.660. The lowest BCUT2D eigenvalue weighted by Crippen LogP contribution is -2.65. The smallest absolute Gasteiger partial charge is 0.329 e. The van der Waals surface area contributed by atoms with E-state index in [0.29, 0.717) is 19.4 Å². The van der Waals surface area contributed by atoms with Crippen molar-refractivity contribution in [2.24, 2.45) is 5.92 Å². The number of nitrogens with zero attached hydrogens (tertiary/aromatic N) is 2. The second-order valence-electron chi connectivity index (χ2n) is 7.86. The van der Waals surface area contributed by atoms with Crippen LogP contribution < -0.4 is 4.90 Å². The number of carboxylic acid groups (broad SMARTS) is 1. The van der Waals surface area contributed by atoms with E-state index in [4.69, 9.17) is 0 Å². The van der Waals surface area contributed by atoms with E-state index in [1.165, 1.54) is 5.56 Å². The van der Waals surface area contributed by atoms with Crippen LogP contribution in [0.2, 0.25) is 0 Å². The van der Waals surface area contributed by atoms with Crippen LogP contribution in [0, 0.1) is 5.92 Å². The molecule has 2 atom stereocenters. The van der Waals surface area contributed by atoms with Crippen LogP contribution >= 0.6 is 0 Å². The molecule has 0 spiro atoms. The van der Waals surface area contributed by atoms with E-state index in [1.807, 2.05) is 60.4 Å². The maximum absolute atomic E-state index is 12.6. The van der Waals surface area contributed by atoms with Crippen molar-refractivity contribution in [1.82, 2.24) is 4.90 Å². The van der Waals surface area contributed by atoms with E-state index in [2.05, 4.69) is 17.0 Å². The molecule has 0 amide bonds. The summed E-state index contributed by atoms with van der Waals surface area (Å²) in [5.41, 5.74) is 1.15. The van der Waals surface area contributed by atoms with Crippen molar-refractivity contribution in [2.45, 2.75) is 31.7 Å². The fraction of sp³-hybridized carbons (Fsp3) is 0.417. The number of hydrogen-bond acceptors (Lipinski definition) is 4. The van der Waals surface area contributed by atoms with Crippen molar-refractivity contribution in [3.05, 3.63) is 66.2 Å². The molecule has 0 aromatic heterocycles. The minimum atomic E-state index is -1.01. The Morgan fingerprint density at radius 1 is 1.17 bits per heavy atom. The molecule has 1 fully saturated rings. The van der Waals surface area contributed by atoms with Crippen LogP contribution in [0.3, 0.4) is 0 Å². The fourth-order valence-electron chi connectivity index (χ4n) is 4.52. The highest BCUT2D eigenvalue weighted by atomic mass is 16.4. The first-order valence-corrected chi connectivity index (χ1v) is 10.3. The number of carboxylic acids is 1. The van der Waals surface area contributed by atoms with Gasteiger partial charge in [-0.1, -0.05) is 55.5 Å². The maximum atomic E-state index is 12.6. The molecule has 1 N–H and O–H groups in total.